The van der Waals surface area contributed by atoms with Crippen molar-refractivity contribution in [3.05, 3.63) is 46.4 Å². The minimum absolute atomic E-state index is 0.0470. The van der Waals surface area contributed by atoms with Crippen LogP contribution in [0.15, 0.2) is 24.4 Å². The van der Waals surface area contributed by atoms with Gasteiger partial charge in [0.05, 0.1) is 11.8 Å². The van der Waals surface area contributed by atoms with Crippen LogP contribution in [0.1, 0.15) is 36.7 Å². The predicted molar refractivity (Wildman–Crippen MR) is 102 cm³/mol. The van der Waals surface area contributed by atoms with Crippen LogP contribution >= 0.6 is 23.5 Å². The molecule has 0 atom stereocenters. The number of aryl methyl sites for hydroxylation is 1. The third kappa shape index (κ3) is 5.25. The largest absolute Gasteiger partial charge is 0.471 e. The van der Waals surface area contributed by atoms with Gasteiger partial charge in [-0.1, -0.05) is 23.5 Å². The fourth-order valence-corrected chi connectivity index (χ4v) is 2.54. The summed E-state index contributed by atoms with van der Waals surface area (Å²) in [6.07, 6.45) is 3.13. The summed E-state index contributed by atoms with van der Waals surface area (Å²) in [5.41, 5.74) is 0.115. The number of ether oxygens (including phenoxy) is 2. The number of hydrogen-bond donors (Lipinski definition) is 1. The van der Waals surface area contributed by atoms with E-state index in [-0.39, 0.29) is 16.3 Å². The molecular weight excluding hydrogens is 379 g/mol. The van der Waals surface area contributed by atoms with E-state index in [9.17, 15) is 9.18 Å². The second-order valence-corrected chi connectivity index (χ2v) is 7.53. The molecule has 0 bridgehead atoms. The van der Waals surface area contributed by atoms with Gasteiger partial charge in [0.15, 0.2) is 0 Å². The monoisotopic (exact) mass is 398 g/mol. The number of hydrogen-bond acceptors (Lipinski definition) is 5. The maximum absolute atomic E-state index is 14.2. The van der Waals surface area contributed by atoms with Gasteiger partial charge in [-0.25, -0.2) is 9.37 Å². The van der Waals surface area contributed by atoms with Gasteiger partial charge in [0, 0.05) is 18.4 Å². The molecule has 1 amide bonds. The fourth-order valence-electron chi connectivity index (χ4n) is 2.05. The van der Waals surface area contributed by atoms with Crippen molar-refractivity contribution in [1.82, 2.24) is 9.71 Å². The number of benzene rings is 1. The van der Waals surface area contributed by atoms with Crippen molar-refractivity contribution in [3.8, 4) is 17.4 Å². The van der Waals surface area contributed by atoms with Crippen LogP contribution in [0.4, 0.5) is 4.39 Å². The number of pyridine rings is 1. The van der Waals surface area contributed by atoms with E-state index in [0.29, 0.717) is 17.2 Å². The lowest BCUT2D eigenvalue weighted by Gasteiger charge is -2.21. The summed E-state index contributed by atoms with van der Waals surface area (Å²) in [6.45, 7) is 7.37. The van der Waals surface area contributed by atoms with E-state index in [1.807, 2.05) is 20.8 Å². The zero-order valence-corrected chi connectivity index (χ0v) is 16.7. The molecule has 1 aromatic heterocycles. The predicted octanol–water partition coefficient (Wildman–Crippen LogP) is 5.16. The summed E-state index contributed by atoms with van der Waals surface area (Å²) in [4.78, 5) is 16.0. The molecule has 1 N–H and O–H groups in total. The highest BCUT2D eigenvalue weighted by Crippen LogP contribution is 2.32. The highest BCUT2D eigenvalue weighted by molar-refractivity contribution is 7.97. The number of nitrogens with zero attached hydrogens (tertiary/aromatic N) is 1. The Hall–Kier alpha value is -1.99. The van der Waals surface area contributed by atoms with E-state index >= 15 is 0 Å². The van der Waals surface area contributed by atoms with Crippen LogP contribution in [-0.4, -0.2) is 22.7 Å². The molecule has 8 heteroatoms. The van der Waals surface area contributed by atoms with Crippen molar-refractivity contribution in [3.63, 3.8) is 0 Å². The zero-order valence-electron chi connectivity index (χ0n) is 15.1. The summed E-state index contributed by atoms with van der Waals surface area (Å²) in [7, 11) is 0. The van der Waals surface area contributed by atoms with Crippen molar-refractivity contribution in [2.75, 3.05) is 6.26 Å². The van der Waals surface area contributed by atoms with E-state index < -0.39 is 17.3 Å². The van der Waals surface area contributed by atoms with Crippen LogP contribution in [0.5, 0.6) is 17.4 Å². The molecule has 1 aromatic carbocycles. The normalized spacial score (nSPS) is 11.2. The number of rotatable bonds is 5. The summed E-state index contributed by atoms with van der Waals surface area (Å²) >= 11 is 7.28. The maximum atomic E-state index is 14.2. The fraction of sp³-hybridized carbons (Fsp3) is 0.333. The molecule has 5 nitrogen and oxygen atoms in total. The van der Waals surface area contributed by atoms with Crippen LogP contribution in [0.3, 0.4) is 0 Å². The lowest BCUT2D eigenvalue weighted by molar-refractivity contribution is 0.0980. The first-order chi connectivity index (χ1) is 12.1. The first kappa shape index (κ1) is 20.3. The van der Waals surface area contributed by atoms with E-state index in [0.717, 1.165) is 18.0 Å². The number of aromatic nitrogens is 1. The van der Waals surface area contributed by atoms with Crippen molar-refractivity contribution >= 4 is 29.5 Å². The van der Waals surface area contributed by atoms with Gasteiger partial charge in [-0.15, -0.1) is 0 Å². The molecule has 0 aliphatic rings. The minimum atomic E-state index is -0.677. The Morgan fingerprint density at radius 3 is 2.58 bits per heavy atom. The average Bonchev–Trinajstić information content (AvgIpc) is 2.52. The summed E-state index contributed by atoms with van der Waals surface area (Å²) in [5.74, 6) is -0.286. The SMILES string of the molecule is CSNC(=O)c1cc(C)c(Oc2cnc(OC(C)(C)C)c(Cl)c2)cc1F. The molecule has 0 spiro atoms. The van der Waals surface area contributed by atoms with Crippen molar-refractivity contribution in [2.45, 2.75) is 33.3 Å². The lowest BCUT2D eigenvalue weighted by Crippen LogP contribution is -2.23. The van der Waals surface area contributed by atoms with E-state index in [2.05, 4.69) is 9.71 Å². The molecule has 0 unspecified atom stereocenters. The van der Waals surface area contributed by atoms with Crippen molar-refractivity contribution in [1.29, 1.82) is 0 Å². The Kier molecular flexibility index (Phi) is 6.36. The van der Waals surface area contributed by atoms with Gasteiger partial charge in [-0.05, 0) is 39.3 Å². The standard InChI is InChI=1S/C18H20ClFN2O3S/c1-10-6-12(16(23)22-26-5)14(20)8-15(10)24-11-7-13(19)17(21-9-11)25-18(2,3)4/h6-9H,1-5H3,(H,22,23). The molecule has 0 aliphatic carbocycles. The Balaban J connectivity index is 2.25. The van der Waals surface area contributed by atoms with Gasteiger partial charge >= 0.3 is 0 Å². The maximum Gasteiger partial charge on any atom is 0.264 e. The second-order valence-electron chi connectivity index (χ2n) is 6.51. The summed E-state index contributed by atoms with van der Waals surface area (Å²) < 4.78 is 28.0. The number of halogens is 2. The number of nitrogens with one attached hydrogen (secondary N) is 1. The molecule has 0 saturated heterocycles. The van der Waals surface area contributed by atoms with Gasteiger partial charge in [-0.3, -0.25) is 9.52 Å². The number of carbonyl (C=O) groups excluding carboxylic acids is 1. The molecule has 140 valence electrons. The van der Waals surface area contributed by atoms with Crippen LogP contribution in [-0.2, 0) is 0 Å². The third-order valence-electron chi connectivity index (χ3n) is 3.12. The van der Waals surface area contributed by atoms with Crippen LogP contribution in [0.25, 0.3) is 0 Å². The number of carbonyl (C=O) groups is 1. The van der Waals surface area contributed by atoms with Crippen molar-refractivity contribution < 1.29 is 18.7 Å². The summed E-state index contributed by atoms with van der Waals surface area (Å²) in [6, 6.07) is 4.14. The smallest absolute Gasteiger partial charge is 0.264 e. The minimum Gasteiger partial charge on any atom is -0.471 e. The number of amides is 1. The topological polar surface area (TPSA) is 60.5 Å². The highest BCUT2D eigenvalue weighted by atomic mass is 35.5. The van der Waals surface area contributed by atoms with Crippen LogP contribution in [0.2, 0.25) is 5.02 Å². The van der Waals surface area contributed by atoms with Crippen molar-refractivity contribution in [2.24, 2.45) is 0 Å². The zero-order chi connectivity index (χ0) is 19.5. The van der Waals surface area contributed by atoms with Crippen LogP contribution < -0.4 is 14.2 Å². The molecule has 0 radical (unpaired) electrons. The Bertz CT molecular complexity index is 825. The lowest BCUT2D eigenvalue weighted by atomic mass is 10.1. The van der Waals surface area contributed by atoms with Gasteiger partial charge in [0.1, 0.15) is 27.9 Å². The van der Waals surface area contributed by atoms with Gasteiger partial charge in [0.25, 0.3) is 5.91 Å². The Morgan fingerprint density at radius 2 is 2.00 bits per heavy atom. The molecule has 1 heterocycles. The second kappa shape index (κ2) is 8.14. The summed E-state index contributed by atoms with van der Waals surface area (Å²) in [5, 5.41) is 0.284. The van der Waals surface area contributed by atoms with Gasteiger partial charge in [-0.2, -0.15) is 0 Å². The molecule has 2 rings (SSSR count). The third-order valence-corrected chi connectivity index (χ3v) is 3.78. The molecule has 26 heavy (non-hydrogen) atoms. The molecule has 0 saturated carbocycles. The van der Waals surface area contributed by atoms with Crippen LogP contribution in [0, 0.1) is 12.7 Å². The first-order valence-corrected chi connectivity index (χ1v) is 9.37. The van der Waals surface area contributed by atoms with Gasteiger partial charge in [0.2, 0.25) is 5.88 Å². The first-order valence-electron chi connectivity index (χ1n) is 7.76. The highest BCUT2D eigenvalue weighted by Gasteiger charge is 2.18. The molecular formula is C18H20ClFN2O3S. The Morgan fingerprint density at radius 1 is 1.31 bits per heavy atom. The Labute approximate surface area is 161 Å². The quantitative estimate of drug-likeness (QED) is 0.705. The molecule has 0 aliphatic heterocycles. The van der Waals surface area contributed by atoms with E-state index in [1.165, 1.54) is 12.3 Å². The molecule has 0 fully saturated rings. The van der Waals surface area contributed by atoms with Gasteiger partial charge < -0.3 is 9.47 Å². The van der Waals surface area contributed by atoms with E-state index in [4.69, 9.17) is 21.1 Å². The average molecular weight is 399 g/mol. The van der Waals surface area contributed by atoms with E-state index in [1.54, 1.807) is 19.2 Å². The molecule has 2 aromatic rings.